The van der Waals surface area contributed by atoms with Gasteiger partial charge in [0.05, 0.1) is 5.82 Å². The van der Waals surface area contributed by atoms with Crippen molar-refractivity contribution < 1.29 is 0 Å². The van der Waals surface area contributed by atoms with Gasteiger partial charge in [0.2, 0.25) is 0 Å². The van der Waals surface area contributed by atoms with Gasteiger partial charge in [-0.3, -0.25) is 0 Å². The average Bonchev–Trinajstić information content (AvgIpc) is 1.88. The van der Waals surface area contributed by atoms with E-state index in [1.54, 1.807) is 0 Å². The van der Waals surface area contributed by atoms with Crippen molar-refractivity contribution in [1.82, 2.24) is 10.2 Å². The van der Waals surface area contributed by atoms with Crippen molar-refractivity contribution in [2.24, 2.45) is 0 Å². The highest BCUT2D eigenvalue weighted by molar-refractivity contribution is 5.07. The highest BCUT2D eigenvalue weighted by Gasteiger charge is 2.09. The Morgan fingerprint density at radius 3 is 2.60 bits per heavy atom. The Balaban J connectivity index is 2.65. The van der Waals surface area contributed by atoms with E-state index in [9.17, 15) is 0 Å². The zero-order valence-corrected chi connectivity index (χ0v) is 7.07. The van der Waals surface area contributed by atoms with Crippen molar-refractivity contribution in [3.63, 3.8) is 0 Å². The summed E-state index contributed by atoms with van der Waals surface area (Å²) >= 11 is 0. The van der Waals surface area contributed by atoms with Gasteiger partial charge in [-0.1, -0.05) is 0 Å². The first-order chi connectivity index (χ1) is 4.72. The topological polar surface area (TPSA) is 15.3 Å². The van der Waals surface area contributed by atoms with Gasteiger partial charge in [-0.15, -0.1) is 0 Å². The number of hydrogen-bond donors (Lipinski definition) is 1. The summed E-state index contributed by atoms with van der Waals surface area (Å²) in [7, 11) is 2.13. The lowest BCUT2D eigenvalue weighted by molar-refractivity contribution is 0.330. The van der Waals surface area contributed by atoms with Crippen LogP contribution in [0.4, 0.5) is 0 Å². The minimum atomic E-state index is 1.13. The largest absolute Gasteiger partial charge is 0.372 e. The van der Waals surface area contributed by atoms with E-state index < -0.39 is 0 Å². The van der Waals surface area contributed by atoms with Crippen LogP contribution in [0.5, 0.6) is 0 Å². The zero-order chi connectivity index (χ0) is 7.56. The van der Waals surface area contributed by atoms with Crippen molar-refractivity contribution in [3.8, 4) is 0 Å². The number of nitrogens with zero attached hydrogens (tertiary/aromatic N) is 1. The van der Waals surface area contributed by atoms with E-state index in [1.165, 1.54) is 24.4 Å². The van der Waals surface area contributed by atoms with E-state index in [0.29, 0.717) is 0 Å². The van der Waals surface area contributed by atoms with Crippen LogP contribution in [0.25, 0.3) is 0 Å². The second kappa shape index (κ2) is 2.95. The Morgan fingerprint density at radius 1 is 1.50 bits per heavy atom. The molecule has 2 nitrogen and oxygen atoms in total. The molecule has 0 unspecified atom stereocenters. The first kappa shape index (κ1) is 7.45. The molecule has 1 N–H and O–H groups in total. The van der Waals surface area contributed by atoms with Crippen molar-refractivity contribution in [3.05, 3.63) is 11.4 Å². The van der Waals surface area contributed by atoms with Crippen molar-refractivity contribution in [2.75, 3.05) is 20.1 Å². The highest BCUT2D eigenvalue weighted by atomic mass is 15.2. The summed E-state index contributed by atoms with van der Waals surface area (Å²) in [5.74, 6) is 1.31. The SMILES string of the molecule is CC(C)=C1NCCCN1C. The lowest BCUT2D eigenvalue weighted by Gasteiger charge is -2.30. The normalized spacial score (nSPS) is 18.7. The molecule has 1 fully saturated rings. The van der Waals surface area contributed by atoms with Gasteiger partial charge in [0.15, 0.2) is 0 Å². The summed E-state index contributed by atoms with van der Waals surface area (Å²) in [5.41, 5.74) is 1.38. The van der Waals surface area contributed by atoms with E-state index in [-0.39, 0.29) is 0 Å². The molecule has 0 atom stereocenters. The molecule has 1 saturated heterocycles. The predicted octanol–water partition coefficient (Wildman–Crippen LogP) is 1.16. The number of hydrogen-bond acceptors (Lipinski definition) is 2. The molecular formula is C8H16N2. The van der Waals surface area contributed by atoms with E-state index in [1.807, 2.05) is 0 Å². The summed E-state index contributed by atoms with van der Waals surface area (Å²) in [4.78, 5) is 2.28. The van der Waals surface area contributed by atoms with Crippen LogP contribution >= 0.6 is 0 Å². The standard InChI is InChI=1S/C8H16N2/c1-7(2)8-9-5-4-6-10(8)3/h9H,4-6H2,1-3H3. The Morgan fingerprint density at radius 2 is 2.20 bits per heavy atom. The maximum absolute atomic E-state index is 3.37. The van der Waals surface area contributed by atoms with E-state index in [4.69, 9.17) is 0 Å². The maximum atomic E-state index is 3.37. The molecule has 0 saturated carbocycles. The van der Waals surface area contributed by atoms with Crippen LogP contribution in [-0.2, 0) is 0 Å². The van der Waals surface area contributed by atoms with Gasteiger partial charge in [0.25, 0.3) is 0 Å². The molecule has 1 aliphatic heterocycles. The van der Waals surface area contributed by atoms with Crippen molar-refractivity contribution in [2.45, 2.75) is 20.3 Å². The van der Waals surface area contributed by atoms with Crippen LogP contribution in [0.15, 0.2) is 11.4 Å². The van der Waals surface area contributed by atoms with Crippen LogP contribution in [0.1, 0.15) is 20.3 Å². The van der Waals surface area contributed by atoms with Gasteiger partial charge in [0.1, 0.15) is 0 Å². The highest BCUT2D eigenvalue weighted by Crippen LogP contribution is 2.08. The second-order valence-corrected chi connectivity index (χ2v) is 3.05. The Labute approximate surface area is 62.9 Å². The Bertz CT molecular complexity index is 145. The Hall–Kier alpha value is -0.660. The number of nitrogens with one attached hydrogen (secondary N) is 1. The van der Waals surface area contributed by atoms with E-state index in [2.05, 4.69) is 31.1 Å². The van der Waals surface area contributed by atoms with Gasteiger partial charge in [-0.25, -0.2) is 0 Å². The molecule has 0 amide bonds. The molecule has 1 aliphatic rings. The van der Waals surface area contributed by atoms with Crippen LogP contribution in [0.2, 0.25) is 0 Å². The molecule has 0 aromatic carbocycles. The molecule has 1 heterocycles. The maximum Gasteiger partial charge on any atom is 0.0996 e. The van der Waals surface area contributed by atoms with Gasteiger partial charge in [-0.05, 0) is 25.8 Å². The molecule has 0 aromatic heterocycles. The minimum absolute atomic E-state index is 1.13. The monoisotopic (exact) mass is 140 g/mol. The Kier molecular flexibility index (Phi) is 2.20. The molecule has 0 radical (unpaired) electrons. The summed E-state index contributed by atoms with van der Waals surface area (Å²) in [6, 6.07) is 0. The third-order valence-corrected chi connectivity index (χ3v) is 1.82. The molecule has 0 aromatic rings. The minimum Gasteiger partial charge on any atom is -0.372 e. The fourth-order valence-corrected chi connectivity index (χ4v) is 1.33. The van der Waals surface area contributed by atoms with Crippen LogP contribution in [0.3, 0.4) is 0 Å². The van der Waals surface area contributed by atoms with Crippen LogP contribution in [0, 0.1) is 0 Å². The predicted molar refractivity (Wildman–Crippen MR) is 43.6 cm³/mol. The average molecular weight is 140 g/mol. The molecule has 0 bridgehead atoms. The lowest BCUT2D eigenvalue weighted by atomic mass is 10.2. The summed E-state index contributed by atoms with van der Waals surface area (Å²) in [6.07, 6.45) is 1.26. The first-order valence-electron chi connectivity index (χ1n) is 3.84. The first-order valence-corrected chi connectivity index (χ1v) is 3.84. The third-order valence-electron chi connectivity index (χ3n) is 1.82. The summed E-state index contributed by atoms with van der Waals surface area (Å²) < 4.78 is 0. The van der Waals surface area contributed by atoms with Gasteiger partial charge < -0.3 is 10.2 Å². The molecule has 58 valence electrons. The van der Waals surface area contributed by atoms with Crippen molar-refractivity contribution in [1.29, 1.82) is 0 Å². The molecule has 0 aliphatic carbocycles. The fraction of sp³-hybridized carbons (Fsp3) is 0.750. The lowest BCUT2D eigenvalue weighted by Crippen LogP contribution is -2.37. The smallest absolute Gasteiger partial charge is 0.0996 e. The fourth-order valence-electron chi connectivity index (χ4n) is 1.33. The molecule has 10 heavy (non-hydrogen) atoms. The van der Waals surface area contributed by atoms with Crippen LogP contribution in [-0.4, -0.2) is 25.0 Å². The van der Waals surface area contributed by atoms with Crippen molar-refractivity contribution >= 4 is 0 Å². The molecule has 2 heteroatoms. The molecule has 1 rings (SSSR count). The summed E-state index contributed by atoms with van der Waals surface area (Å²) in [6.45, 7) is 6.60. The molecular weight excluding hydrogens is 124 g/mol. The van der Waals surface area contributed by atoms with Crippen LogP contribution < -0.4 is 5.32 Å². The van der Waals surface area contributed by atoms with Gasteiger partial charge in [-0.2, -0.15) is 0 Å². The second-order valence-electron chi connectivity index (χ2n) is 3.05. The third kappa shape index (κ3) is 1.43. The number of rotatable bonds is 0. The van der Waals surface area contributed by atoms with Gasteiger partial charge in [0, 0.05) is 20.1 Å². The number of allylic oxidation sites excluding steroid dienone is 1. The quantitative estimate of drug-likeness (QED) is 0.543. The van der Waals surface area contributed by atoms with E-state index in [0.717, 1.165) is 6.54 Å². The van der Waals surface area contributed by atoms with E-state index >= 15 is 0 Å². The zero-order valence-electron chi connectivity index (χ0n) is 7.07. The molecule has 0 spiro atoms. The summed E-state index contributed by atoms with van der Waals surface area (Å²) in [5, 5.41) is 3.37. The van der Waals surface area contributed by atoms with Gasteiger partial charge >= 0.3 is 0 Å².